The first-order valence-electron chi connectivity index (χ1n) is 0.535. The second-order valence-corrected chi connectivity index (χ2v) is 0.101. The second kappa shape index (κ2) is 8.82. The van der Waals surface area contributed by atoms with Crippen molar-refractivity contribution in [3.63, 3.8) is 0 Å². The first kappa shape index (κ1) is 9.09. The summed E-state index contributed by atoms with van der Waals surface area (Å²) in [5.41, 5.74) is 0. The second-order valence-electron chi connectivity index (χ2n) is 0.101. The molecule has 0 radical (unpaired) electrons. The summed E-state index contributed by atoms with van der Waals surface area (Å²) in [6.07, 6.45) is 0. The van der Waals surface area contributed by atoms with Crippen LogP contribution in [0.15, 0.2) is 0 Å². The zero-order valence-corrected chi connectivity index (χ0v) is 5.59. The van der Waals surface area contributed by atoms with Gasteiger partial charge in [0.25, 0.3) is 0 Å². The van der Waals surface area contributed by atoms with Crippen LogP contribution in [0.4, 0.5) is 8.78 Å². The Morgan fingerprint density at radius 3 is 1.25 bits per heavy atom. The smallest absolute Gasteiger partial charge is 0.214 e. The standard InChI is InChI=1S/CH2F2.K/c2-1-3;/h1H2;/q;+1. The van der Waals surface area contributed by atoms with E-state index < -0.39 is 6.93 Å². The molecule has 0 aliphatic carbocycles. The van der Waals surface area contributed by atoms with Crippen LogP contribution in [0.5, 0.6) is 0 Å². The van der Waals surface area contributed by atoms with Crippen LogP contribution in [0.1, 0.15) is 0 Å². The van der Waals surface area contributed by atoms with Gasteiger partial charge in [0.1, 0.15) is 0 Å². The van der Waals surface area contributed by atoms with Gasteiger partial charge in [-0.25, -0.2) is 8.78 Å². The van der Waals surface area contributed by atoms with Gasteiger partial charge in [-0.1, -0.05) is 0 Å². The van der Waals surface area contributed by atoms with Crippen LogP contribution in [0.3, 0.4) is 0 Å². The van der Waals surface area contributed by atoms with Crippen LogP contribution < -0.4 is 51.4 Å². The Morgan fingerprint density at radius 1 is 1.25 bits per heavy atom. The van der Waals surface area contributed by atoms with Crippen LogP contribution >= 0.6 is 0 Å². The van der Waals surface area contributed by atoms with E-state index in [0.29, 0.717) is 0 Å². The summed E-state index contributed by atoms with van der Waals surface area (Å²) in [5.74, 6) is 0. The van der Waals surface area contributed by atoms with Crippen molar-refractivity contribution in [1.29, 1.82) is 0 Å². The van der Waals surface area contributed by atoms with Gasteiger partial charge >= 0.3 is 51.4 Å². The molecule has 0 aliphatic rings. The third-order valence-electron chi connectivity index (χ3n) is 0. The van der Waals surface area contributed by atoms with E-state index in [2.05, 4.69) is 0 Å². The van der Waals surface area contributed by atoms with Gasteiger partial charge in [-0.15, -0.1) is 0 Å². The van der Waals surface area contributed by atoms with Gasteiger partial charge in [0.05, 0.1) is 0 Å². The fraction of sp³-hybridized carbons (Fsp3) is 1.00. The van der Waals surface area contributed by atoms with E-state index in [9.17, 15) is 8.78 Å². The molecule has 0 atom stereocenters. The molecule has 0 aromatic rings. The molecule has 20 valence electrons. The van der Waals surface area contributed by atoms with Crippen molar-refractivity contribution >= 4 is 0 Å². The molecule has 3 heteroatoms. The molecule has 4 heavy (non-hydrogen) atoms. The number of rotatable bonds is 0. The summed E-state index contributed by atoms with van der Waals surface area (Å²) in [7, 11) is 0. The number of hydrogen-bond donors (Lipinski definition) is 0. The maximum absolute atomic E-state index is 9.62. The van der Waals surface area contributed by atoms with Crippen molar-refractivity contribution in [1.82, 2.24) is 0 Å². The van der Waals surface area contributed by atoms with Crippen molar-refractivity contribution in [2.75, 3.05) is 6.93 Å². The molecular weight excluding hydrogens is 89.1 g/mol. The van der Waals surface area contributed by atoms with Gasteiger partial charge in [0.2, 0.25) is 6.93 Å². The largest absolute Gasteiger partial charge is 1.00 e. The van der Waals surface area contributed by atoms with Gasteiger partial charge in [0, 0.05) is 0 Å². The normalized spacial score (nSPS) is 4.50. The Bertz CT molecular complexity index is 6.00. The summed E-state index contributed by atoms with van der Waals surface area (Å²) >= 11 is 0. The van der Waals surface area contributed by atoms with Crippen LogP contribution in [-0.4, -0.2) is 6.93 Å². The average molecular weight is 91.1 g/mol. The molecule has 0 fully saturated rings. The van der Waals surface area contributed by atoms with Crippen molar-refractivity contribution in [2.24, 2.45) is 0 Å². The maximum Gasteiger partial charge on any atom is 1.00 e. The van der Waals surface area contributed by atoms with E-state index in [4.69, 9.17) is 0 Å². The predicted octanol–water partition coefficient (Wildman–Crippen LogP) is -2.11. The molecule has 0 heterocycles. The predicted molar refractivity (Wildman–Crippen MR) is 7.08 cm³/mol. The molecular formula is CH2F2K+. The van der Waals surface area contributed by atoms with Gasteiger partial charge in [-0.3, -0.25) is 0 Å². The first-order valence-corrected chi connectivity index (χ1v) is 0.535. The van der Waals surface area contributed by atoms with Crippen LogP contribution in [-0.2, 0) is 0 Å². The Balaban J connectivity index is 0. The molecule has 0 amide bonds. The van der Waals surface area contributed by atoms with E-state index in [-0.39, 0.29) is 51.4 Å². The van der Waals surface area contributed by atoms with Crippen molar-refractivity contribution in [3.8, 4) is 0 Å². The number of alkyl halides is 2. The molecule has 0 aromatic heterocycles. The molecule has 0 nitrogen and oxygen atoms in total. The first-order chi connectivity index (χ1) is 1.41. The Labute approximate surface area is 66.0 Å². The molecule has 0 saturated heterocycles. The summed E-state index contributed by atoms with van der Waals surface area (Å²) < 4.78 is 19.2. The van der Waals surface area contributed by atoms with E-state index in [0.717, 1.165) is 0 Å². The van der Waals surface area contributed by atoms with E-state index in [1.807, 2.05) is 0 Å². The van der Waals surface area contributed by atoms with Crippen molar-refractivity contribution in [3.05, 3.63) is 0 Å². The molecule has 0 saturated carbocycles. The number of halogens is 2. The zero-order valence-electron chi connectivity index (χ0n) is 2.46. The number of hydrogen-bond acceptors (Lipinski definition) is 0. The summed E-state index contributed by atoms with van der Waals surface area (Å²) in [6.45, 7) is -1.75. The van der Waals surface area contributed by atoms with E-state index >= 15 is 0 Å². The van der Waals surface area contributed by atoms with Gasteiger partial charge in [-0.2, -0.15) is 0 Å². The molecule has 0 aromatic carbocycles. The molecule has 0 N–H and O–H groups in total. The van der Waals surface area contributed by atoms with Crippen LogP contribution in [0, 0.1) is 0 Å². The van der Waals surface area contributed by atoms with E-state index in [1.165, 1.54) is 0 Å². The van der Waals surface area contributed by atoms with Gasteiger partial charge in [0.15, 0.2) is 0 Å². The molecule has 0 spiro atoms. The Kier molecular flexibility index (Phi) is 20.0. The Hall–Kier alpha value is 1.50. The maximum atomic E-state index is 9.62. The zero-order chi connectivity index (χ0) is 2.71. The summed E-state index contributed by atoms with van der Waals surface area (Å²) in [5, 5.41) is 0. The van der Waals surface area contributed by atoms with Crippen LogP contribution in [0.2, 0.25) is 0 Å². The Morgan fingerprint density at radius 2 is 1.25 bits per heavy atom. The SMILES string of the molecule is FCF.[K+]. The molecule has 0 aliphatic heterocycles. The minimum Gasteiger partial charge on any atom is -0.214 e. The van der Waals surface area contributed by atoms with Gasteiger partial charge in [-0.05, 0) is 0 Å². The van der Waals surface area contributed by atoms with Crippen LogP contribution in [0.25, 0.3) is 0 Å². The fourth-order valence-electron chi connectivity index (χ4n) is 0. The topological polar surface area (TPSA) is 0 Å². The molecule has 0 unspecified atom stereocenters. The minimum atomic E-state index is -1.75. The summed E-state index contributed by atoms with van der Waals surface area (Å²) in [4.78, 5) is 0. The third-order valence-corrected chi connectivity index (χ3v) is 0. The minimum absolute atomic E-state index is 0. The van der Waals surface area contributed by atoms with Gasteiger partial charge < -0.3 is 0 Å². The van der Waals surface area contributed by atoms with Crippen molar-refractivity contribution < 1.29 is 60.2 Å². The van der Waals surface area contributed by atoms with Crippen molar-refractivity contribution in [2.45, 2.75) is 0 Å². The third kappa shape index (κ3) is 9.73. The molecule has 0 rings (SSSR count). The monoisotopic (exact) mass is 91.0 g/mol. The quantitative estimate of drug-likeness (QED) is 0.299. The van der Waals surface area contributed by atoms with E-state index in [1.54, 1.807) is 0 Å². The fourth-order valence-corrected chi connectivity index (χ4v) is 0. The molecule has 0 bridgehead atoms. The average Bonchev–Trinajstić information content (AvgIpc) is 0.918. The summed E-state index contributed by atoms with van der Waals surface area (Å²) in [6, 6.07) is 0.